The van der Waals surface area contributed by atoms with Gasteiger partial charge in [0.25, 0.3) is 0 Å². The average Bonchev–Trinajstić information content (AvgIpc) is 3.20. The molecule has 1 saturated carbocycles. The summed E-state index contributed by atoms with van der Waals surface area (Å²) >= 11 is 5.12. The van der Waals surface area contributed by atoms with Gasteiger partial charge in [0, 0.05) is 12.0 Å². The summed E-state index contributed by atoms with van der Waals surface area (Å²) in [7, 11) is 0. The van der Waals surface area contributed by atoms with Crippen LogP contribution >= 0.6 is 12.2 Å². The van der Waals surface area contributed by atoms with Crippen molar-refractivity contribution in [3.05, 3.63) is 35.9 Å². The monoisotopic (exact) mass is 290 g/mol. The first-order valence-corrected chi connectivity index (χ1v) is 7.61. The molecule has 3 N–H and O–H groups in total. The van der Waals surface area contributed by atoms with Crippen LogP contribution in [0.3, 0.4) is 0 Å². The van der Waals surface area contributed by atoms with Crippen molar-refractivity contribution in [2.45, 2.75) is 45.1 Å². The van der Waals surface area contributed by atoms with E-state index in [2.05, 4.69) is 17.4 Å². The van der Waals surface area contributed by atoms with Crippen LogP contribution in [0.2, 0.25) is 0 Å². The van der Waals surface area contributed by atoms with Crippen molar-refractivity contribution < 1.29 is 4.79 Å². The van der Waals surface area contributed by atoms with E-state index in [1.54, 1.807) is 0 Å². The third-order valence-corrected chi connectivity index (χ3v) is 4.84. The largest absolute Gasteiger partial charge is 0.392 e. The van der Waals surface area contributed by atoms with E-state index in [1.807, 2.05) is 32.0 Å². The van der Waals surface area contributed by atoms with E-state index in [9.17, 15) is 4.79 Å². The highest BCUT2D eigenvalue weighted by molar-refractivity contribution is 7.80. The molecule has 2 rings (SSSR count). The van der Waals surface area contributed by atoms with Crippen LogP contribution in [0.4, 0.5) is 0 Å². The molecule has 1 aliphatic rings. The standard InChI is InChI=1S/C16H22N2OS/c1-3-16(4-2,14(17)20)15(19)18-13-10-12(13)11-8-6-5-7-9-11/h5-9,12-13H,3-4,10H2,1-2H3,(H2,17,20)(H,18,19). The maximum atomic E-state index is 12.5. The molecule has 0 aliphatic heterocycles. The van der Waals surface area contributed by atoms with Crippen molar-refractivity contribution in [2.24, 2.45) is 11.1 Å². The Kier molecular flexibility index (Phi) is 4.43. The lowest BCUT2D eigenvalue weighted by Crippen LogP contribution is -2.49. The fraction of sp³-hybridized carbons (Fsp3) is 0.500. The normalized spacial score (nSPS) is 21.3. The Hall–Kier alpha value is -1.42. The molecule has 20 heavy (non-hydrogen) atoms. The Morgan fingerprint density at radius 2 is 1.95 bits per heavy atom. The molecule has 1 aliphatic carbocycles. The molecule has 108 valence electrons. The van der Waals surface area contributed by atoms with Crippen molar-refractivity contribution in [1.29, 1.82) is 0 Å². The van der Waals surface area contributed by atoms with E-state index >= 15 is 0 Å². The molecule has 3 nitrogen and oxygen atoms in total. The molecule has 4 heteroatoms. The lowest BCUT2D eigenvalue weighted by atomic mass is 9.81. The summed E-state index contributed by atoms with van der Waals surface area (Å²) in [5, 5.41) is 3.12. The third kappa shape index (κ3) is 2.70. The summed E-state index contributed by atoms with van der Waals surface area (Å²) in [6, 6.07) is 10.5. The van der Waals surface area contributed by atoms with E-state index < -0.39 is 5.41 Å². The first kappa shape index (κ1) is 15.0. The molecule has 1 aromatic rings. The smallest absolute Gasteiger partial charge is 0.233 e. The van der Waals surface area contributed by atoms with E-state index in [4.69, 9.17) is 18.0 Å². The Labute approximate surface area is 125 Å². The van der Waals surface area contributed by atoms with Crippen molar-refractivity contribution in [3.8, 4) is 0 Å². The molecule has 0 spiro atoms. The van der Waals surface area contributed by atoms with Gasteiger partial charge >= 0.3 is 0 Å². The van der Waals surface area contributed by atoms with Gasteiger partial charge in [-0.2, -0.15) is 0 Å². The van der Waals surface area contributed by atoms with E-state index in [-0.39, 0.29) is 11.9 Å². The maximum absolute atomic E-state index is 12.5. The van der Waals surface area contributed by atoms with Crippen LogP contribution in [0.1, 0.15) is 44.6 Å². The number of rotatable bonds is 6. The van der Waals surface area contributed by atoms with Gasteiger partial charge in [-0.25, -0.2) is 0 Å². The highest BCUT2D eigenvalue weighted by atomic mass is 32.1. The summed E-state index contributed by atoms with van der Waals surface area (Å²) < 4.78 is 0. The minimum absolute atomic E-state index is 0.0153. The molecular weight excluding hydrogens is 268 g/mol. The Morgan fingerprint density at radius 1 is 1.35 bits per heavy atom. The molecule has 1 amide bonds. The molecule has 0 saturated heterocycles. The second kappa shape index (κ2) is 5.92. The van der Waals surface area contributed by atoms with Crippen LogP contribution < -0.4 is 11.1 Å². The quantitative estimate of drug-likeness (QED) is 0.792. The van der Waals surface area contributed by atoms with E-state index in [1.165, 1.54) is 5.56 Å². The zero-order chi connectivity index (χ0) is 14.8. The molecule has 1 aromatic carbocycles. The summed E-state index contributed by atoms with van der Waals surface area (Å²) in [6.07, 6.45) is 2.29. The van der Waals surface area contributed by atoms with Crippen LogP contribution in [-0.4, -0.2) is 16.9 Å². The van der Waals surface area contributed by atoms with Crippen LogP contribution in [0.5, 0.6) is 0 Å². The molecule has 0 heterocycles. The number of benzene rings is 1. The molecule has 0 radical (unpaired) electrons. The highest BCUT2D eigenvalue weighted by Gasteiger charge is 2.44. The lowest BCUT2D eigenvalue weighted by Gasteiger charge is -2.29. The summed E-state index contributed by atoms with van der Waals surface area (Å²) in [6.45, 7) is 3.92. The third-order valence-electron chi connectivity index (χ3n) is 4.45. The molecule has 1 fully saturated rings. The molecule has 2 unspecified atom stereocenters. The number of amides is 1. The van der Waals surface area contributed by atoms with Gasteiger partial charge in [-0.1, -0.05) is 56.4 Å². The number of carbonyl (C=O) groups excluding carboxylic acids is 1. The first-order chi connectivity index (χ1) is 9.55. The first-order valence-electron chi connectivity index (χ1n) is 7.21. The maximum Gasteiger partial charge on any atom is 0.233 e. The number of carbonyl (C=O) groups is 1. The second-order valence-electron chi connectivity index (χ2n) is 5.49. The van der Waals surface area contributed by atoms with Gasteiger partial charge in [0.15, 0.2) is 0 Å². The van der Waals surface area contributed by atoms with Crippen molar-refractivity contribution in [3.63, 3.8) is 0 Å². The SMILES string of the molecule is CCC(CC)(C(=O)NC1CC1c1ccccc1)C(N)=S. The van der Waals surface area contributed by atoms with E-state index in [0.29, 0.717) is 23.7 Å². The van der Waals surface area contributed by atoms with E-state index in [0.717, 1.165) is 6.42 Å². The zero-order valence-electron chi connectivity index (χ0n) is 12.1. The fourth-order valence-corrected chi connectivity index (χ4v) is 3.14. The Bertz CT molecular complexity index is 496. The molecule has 2 atom stereocenters. The molecule has 0 aromatic heterocycles. The topological polar surface area (TPSA) is 55.1 Å². The van der Waals surface area contributed by atoms with Gasteiger partial charge in [0.1, 0.15) is 0 Å². The van der Waals surface area contributed by atoms with Crippen molar-refractivity contribution in [1.82, 2.24) is 5.32 Å². The highest BCUT2D eigenvalue weighted by Crippen LogP contribution is 2.41. The molecule has 0 bridgehead atoms. The van der Waals surface area contributed by atoms with Crippen LogP contribution in [0.25, 0.3) is 0 Å². The van der Waals surface area contributed by atoms with Gasteiger partial charge in [-0.15, -0.1) is 0 Å². The number of hydrogen-bond donors (Lipinski definition) is 2. The van der Waals surface area contributed by atoms with Gasteiger partial charge in [-0.3, -0.25) is 4.79 Å². The number of hydrogen-bond acceptors (Lipinski definition) is 2. The van der Waals surface area contributed by atoms with Crippen LogP contribution in [-0.2, 0) is 4.79 Å². The number of nitrogens with two attached hydrogens (primary N) is 1. The van der Waals surface area contributed by atoms with Crippen LogP contribution in [0.15, 0.2) is 30.3 Å². The fourth-order valence-electron chi connectivity index (χ4n) is 2.76. The average molecular weight is 290 g/mol. The second-order valence-corrected chi connectivity index (χ2v) is 5.93. The summed E-state index contributed by atoms with van der Waals surface area (Å²) in [5.41, 5.74) is 6.39. The summed E-state index contributed by atoms with van der Waals surface area (Å²) in [5.74, 6) is 0.413. The lowest BCUT2D eigenvalue weighted by molar-refractivity contribution is -0.128. The summed E-state index contributed by atoms with van der Waals surface area (Å²) in [4.78, 5) is 12.8. The predicted octanol–water partition coefficient (Wildman–Crippen LogP) is 2.75. The van der Waals surface area contributed by atoms with Gasteiger partial charge in [-0.05, 0) is 24.8 Å². The van der Waals surface area contributed by atoms with Crippen molar-refractivity contribution in [2.75, 3.05) is 0 Å². The minimum atomic E-state index is -0.695. The minimum Gasteiger partial charge on any atom is -0.392 e. The number of nitrogens with one attached hydrogen (secondary N) is 1. The van der Waals surface area contributed by atoms with Crippen molar-refractivity contribution >= 4 is 23.1 Å². The van der Waals surface area contributed by atoms with Gasteiger partial charge in [0.2, 0.25) is 5.91 Å². The predicted molar refractivity (Wildman–Crippen MR) is 85.5 cm³/mol. The molecular formula is C16H22N2OS. The zero-order valence-corrected chi connectivity index (χ0v) is 12.9. The van der Waals surface area contributed by atoms with Gasteiger partial charge in [0.05, 0.1) is 10.4 Å². The Balaban J connectivity index is 2.01. The Morgan fingerprint density at radius 3 is 2.45 bits per heavy atom. The van der Waals surface area contributed by atoms with Crippen LogP contribution in [0, 0.1) is 5.41 Å². The number of thiocarbonyl (C=S) groups is 1. The van der Waals surface area contributed by atoms with Gasteiger partial charge < -0.3 is 11.1 Å².